The molecular weight excluding hydrogens is 509 g/mol. The zero-order valence-corrected chi connectivity index (χ0v) is 24.7. The Balaban J connectivity index is 3.63. The highest BCUT2D eigenvalue weighted by atomic mass is 28.5. The largest absolute Gasteiger partial charge is 0.671 e. The second-order valence-corrected chi connectivity index (χ2v) is 17.3. The number of rotatable bonds is 18. The summed E-state index contributed by atoms with van der Waals surface area (Å²) in [5.74, 6) is 0. The topological polar surface area (TPSA) is 111 Å². The first kappa shape index (κ1) is 30.6. The second-order valence-electron chi connectivity index (χ2n) is 6.31. The van der Waals surface area contributed by atoms with Gasteiger partial charge < -0.3 is 52.2 Å². The number of benzene rings is 1. The highest BCUT2D eigenvalue weighted by molar-refractivity contribution is 6.82. The predicted molar refractivity (Wildman–Crippen MR) is 124 cm³/mol. The van der Waals surface area contributed by atoms with Crippen LogP contribution in [0.4, 0.5) is 0 Å². The predicted octanol–water partition coefficient (Wildman–Crippen LogP) is 1.34. The molecule has 0 radical (unpaired) electrons. The summed E-state index contributed by atoms with van der Waals surface area (Å²) in [5.41, 5.74) is 1.00. The van der Waals surface area contributed by atoms with Crippen LogP contribution in [0.25, 0.3) is 0 Å². The van der Waals surface area contributed by atoms with Gasteiger partial charge in [-0.25, -0.2) is 0 Å². The molecule has 1 aromatic rings. The highest BCUT2D eigenvalue weighted by Gasteiger charge is 2.66. The van der Waals surface area contributed by atoms with Crippen LogP contribution < -0.4 is 0 Å². The Labute approximate surface area is 200 Å². The Morgan fingerprint density at radius 3 is 1.06 bits per heavy atom. The number of aryl methyl sites for hydroxylation is 1. The molecule has 1 aromatic carbocycles. The lowest BCUT2D eigenvalue weighted by atomic mass is 10.2. The lowest BCUT2D eigenvalue weighted by Crippen LogP contribution is -2.69. The van der Waals surface area contributed by atoms with Crippen molar-refractivity contribution < 1.29 is 52.2 Å². The summed E-state index contributed by atoms with van der Waals surface area (Å²) in [4.78, 5) is 0. The Morgan fingerprint density at radius 2 is 0.788 bits per heavy atom. The van der Waals surface area contributed by atoms with Crippen LogP contribution in [0.5, 0.6) is 0 Å². The second kappa shape index (κ2) is 14.2. The minimum atomic E-state index is -4.01. The maximum atomic E-state index is 6.37. The molecule has 16 heteroatoms. The van der Waals surface area contributed by atoms with Gasteiger partial charge in [-0.1, -0.05) is 30.3 Å². The van der Waals surface area contributed by atoms with Gasteiger partial charge in [-0.15, -0.1) is 0 Å². The van der Waals surface area contributed by atoms with Gasteiger partial charge in [0.25, 0.3) is 0 Å². The molecule has 0 aliphatic heterocycles. The Hall–Kier alpha value is -0.392. The normalized spacial score (nSPS) is 13.5. The lowest BCUT2D eigenvalue weighted by molar-refractivity contribution is -0.0258. The van der Waals surface area contributed by atoms with Gasteiger partial charge in [0.05, 0.1) is 0 Å². The SMILES string of the molecule is CO[Si](OC)(OC)O[Si](CCc1ccccc1)(O[Si](OC)(OC)OC)O[Si](OC)(OC)OC. The summed E-state index contributed by atoms with van der Waals surface area (Å²) >= 11 is 0. The summed E-state index contributed by atoms with van der Waals surface area (Å²) in [6.45, 7) is 0. The molecule has 0 spiro atoms. The van der Waals surface area contributed by atoms with Crippen molar-refractivity contribution in [3.63, 3.8) is 0 Å². The third-order valence-electron chi connectivity index (χ3n) is 4.65. The van der Waals surface area contributed by atoms with Gasteiger partial charge in [0.1, 0.15) is 0 Å². The van der Waals surface area contributed by atoms with Gasteiger partial charge in [-0.2, -0.15) is 0 Å². The molecule has 0 amide bonds. The Bertz CT molecular complexity index is 579. The maximum absolute atomic E-state index is 6.37. The van der Waals surface area contributed by atoms with Crippen LogP contribution >= 0.6 is 0 Å². The van der Waals surface area contributed by atoms with E-state index in [0.717, 1.165) is 5.56 Å². The fourth-order valence-corrected chi connectivity index (χ4v) is 15.4. The molecule has 0 aliphatic carbocycles. The van der Waals surface area contributed by atoms with Gasteiger partial charge in [0, 0.05) is 70.0 Å². The zero-order chi connectivity index (χ0) is 25.0. The minimum Gasteiger partial charge on any atom is -0.355 e. The smallest absolute Gasteiger partial charge is 0.355 e. The van der Waals surface area contributed by atoms with Gasteiger partial charge in [-0.05, 0) is 12.0 Å². The van der Waals surface area contributed by atoms with Crippen LogP contribution in [-0.2, 0) is 58.6 Å². The van der Waals surface area contributed by atoms with Crippen molar-refractivity contribution in [2.24, 2.45) is 0 Å². The molecule has 0 fully saturated rings. The van der Waals surface area contributed by atoms with E-state index in [9.17, 15) is 0 Å². The summed E-state index contributed by atoms with van der Waals surface area (Å²) < 4.78 is 68.7. The van der Waals surface area contributed by atoms with Crippen molar-refractivity contribution in [2.75, 3.05) is 64.0 Å². The van der Waals surface area contributed by atoms with E-state index in [1.165, 1.54) is 64.0 Å². The molecule has 0 saturated heterocycles. The van der Waals surface area contributed by atoms with E-state index < -0.39 is 35.9 Å². The molecule has 192 valence electrons. The molecule has 0 saturated carbocycles. The number of hydrogen-bond acceptors (Lipinski definition) is 12. The monoisotopic (exact) mass is 544 g/mol. The first-order chi connectivity index (χ1) is 15.7. The van der Waals surface area contributed by atoms with Crippen molar-refractivity contribution in [1.29, 1.82) is 0 Å². The summed E-state index contributed by atoms with van der Waals surface area (Å²) in [6.07, 6.45) is 0.484. The molecule has 0 atom stereocenters. The van der Waals surface area contributed by atoms with E-state index in [1.54, 1.807) is 0 Å². The average Bonchev–Trinajstić information content (AvgIpc) is 2.89. The highest BCUT2D eigenvalue weighted by Crippen LogP contribution is 2.32. The molecule has 12 nitrogen and oxygen atoms in total. The maximum Gasteiger partial charge on any atom is 0.671 e. The number of hydrogen-bond donors (Lipinski definition) is 0. The third kappa shape index (κ3) is 8.07. The molecule has 1 rings (SSSR count). The molecule has 0 heterocycles. The molecule has 0 bridgehead atoms. The van der Waals surface area contributed by atoms with Crippen LogP contribution in [0.1, 0.15) is 5.56 Å². The fraction of sp³-hybridized carbons (Fsp3) is 0.647. The van der Waals surface area contributed by atoms with Crippen molar-refractivity contribution in [3.05, 3.63) is 35.9 Å². The standard InChI is InChI=1S/C17H36O12Si4/c1-18-31(19-2,20-3)27-30(28-32(21-4,22-5)23-6,29-33(24-7,25-8)26-9)16-15-17-13-11-10-12-14-17/h10-14H,15-16H2,1-9H3. The van der Waals surface area contributed by atoms with E-state index in [1.807, 2.05) is 30.3 Å². The summed E-state index contributed by atoms with van der Waals surface area (Å²) in [6, 6.07) is 9.92. The summed E-state index contributed by atoms with van der Waals surface area (Å²) in [5, 5.41) is 0. The molecule has 0 unspecified atom stereocenters. The van der Waals surface area contributed by atoms with E-state index in [2.05, 4.69) is 0 Å². The van der Waals surface area contributed by atoms with Crippen LogP contribution in [-0.4, -0.2) is 99.9 Å². The quantitative estimate of drug-likeness (QED) is 0.249. The van der Waals surface area contributed by atoms with Crippen LogP contribution in [0.3, 0.4) is 0 Å². The molecule has 0 aliphatic rings. The van der Waals surface area contributed by atoms with Crippen molar-refractivity contribution in [1.82, 2.24) is 0 Å². The van der Waals surface area contributed by atoms with Crippen LogP contribution in [0.15, 0.2) is 30.3 Å². The van der Waals surface area contributed by atoms with Crippen LogP contribution in [0.2, 0.25) is 6.04 Å². The molecule has 33 heavy (non-hydrogen) atoms. The molecular formula is C17H36O12Si4. The van der Waals surface area contributed by atoms with Gasteiger partial charge in [-0.3, -0.25) is 0 Å². The van der Waals surface area contributed by atoms with Crippen molar-refractivity contribution in [2.45, 2.75) is 12.5 Å². The Morgan fingerprint density at radius 1 is 0.485 bits per heavy atom. The molecule has 0 N–H and O–H groups in total. The van der Waals surface area contributed by atoms with E-state index in [-0.39, 0.29) is 6.04 Å². The average molecular weight is 545 g/mol. The van der Waals surface area contributed by atoms with Gasteiger partial charge >= 0.3 is 35.9 Å². The van der Waals surface area contributed by atoms with Gasteiger partial charge in [0.15, 0.2) is 0 Å². The van der Waals surface area contributed by atoms with Crippen LogP contribution in [0, 0.1) is 0 Å². The van der Waals surface area contributed by atoms with Crippen molar-refractivity contribution >= 4 is 35.9 Å². The van der Waals surface area contributed by atoms with E-state index >= 15 is 0 Å². The lowest BCUT2D eigenvalue weighted by Gasteiger charge is -2.41. The zero-order valence-electron chi connectivity index (χ0n) is 20.7. The van der Waals surface area contributed by atoms with Gasteiger partial charge in [0.2, 0.25) is 0 Å². The third-order valence-corrected chi connectivity index (χ3v) is 16.7. The van der Waals surface area contributed by atoms with E-state index in [4.69, 9.17) is 52.2 Å². The first-order valence-electron chi connectivity index (χ1n) is 9.85. The molecule has 0 aromatic heterocycles. The minimum absolute atomic E-state index is 0.206. The first-order valence-corrected chi connectivity index (χ1v) is 16.7. The fourth-order valence-electron chi connectivity index (χ4n) is 2.85. The summed E-state index contributed by atoms with van der Waals surface area (Å²) in [7, 11) is -2.65. The van der Waals surface area contributed by atoms with Crippen molar-refractivity contribution in [3.8, 4) is 0 Å². The Kier molecular flexibility index (Phi) is 13.2. The van der Waals surface area contributed by atoms with E-state index in [0.29, 0.717) is 6.42 Å².